The van der Waals surface area contributed by atoms with E-state index in [1.807, 2.05) is 0 Å². The first kappa shape index (κ1) is 21.3. The fourth-order valence-electron chi connectivity index (χ4n) is 3.73. The molecule has 0 saturated heterocycles. The monoisotopic (exact) mass is 457 g/mol. The van der Waals surface area contributed by atoms with Crippen LogP contribution in [0.5, 0.6) is 0 Å². The lowest BCUT2D eigenvalue weighted by atomic mass is 10.00. The van der Waals surface area contributed by atoms with Gasteiger partial charge in [0.25, 0.3) is 5.91 Å². The van der Waals surface area contributed by atoms with Crippen molar-refractivity contribution in [1.29, 1.82) is 0 Å². The quantitative estimate of drug-likeness (QED) is 0.520. The van der Waals surface area contributed by atoms with Crippen LogP contribution in [0.3, 0.4) is 0 Å². The van der Waals surface area contributed by atoms with Crippen molar-refractivity contribution < 1.29 is 14.0 Å². The minimum absolute atomic E-state index is 0.150. The molecule has 0 bridgehead atoms. The number of pyridine rings is 1. The van der Waals surface area contributed by atoms with Gasteiger partial charge >= 0.3 is 0 Å². The minimum Gasteiger partial charge on any atom is -0.327 e. The van der Waals surface area contributed by atoms with E-state index >= 15 is 0 Å². The summed E-state index contributed by atoms with van der Waals surface area (Å²) >= 11 is 12.8. The minimum atomic E-state index is -0.437. The maximum Gasteiger partial charge on any atom is 0.256 e. The first-order chi connectivity index (χ1) is 14.9. The molecule has 1 N–H and O–H groups in total. The van der Waals surface area contributed by atoms with Crippen molar-refractivity contribution in [3.63, 3.8) is 0 Å². The molecule has 1 aromatic heterocycles. The van der Waals surface area contributed by atoms with Gasteiger partial charge in [-0.1, -0.05) is 41.4 Å². The zero-order chi connectivity index (χ0) is 22.0. The number of nitrogens with one attached hydrogen (secondary N) is 1. The Labute approximate surface area is 188 Å². The molecule has 3 aromatic rings. The van der Waals surface area contributed by atoms with E-state index in [4.69, 9.17) is 23.2 Å². The second-order valence-corrected chi connectivity index (χ2v) is 8.01. The molecule has 4 rings (SSSR count). The standard InChI is InChI=1S/C23H18Cl2FN3O2/c24-16-8-9-17(25)22-21(16)18(10-11-20(30)28-19-3-1-2-12-27-19)29(23(22)31)13-14-4-6-15(26)7-5-14/h1-9,12,18H,10-11,13H2,(H,27,28,30). The summed E-state index contributed by atoms with van der Waals surface area (Å²) in [5, 5.41) is 3.48. The lowest BCUT2D eigenvalue weighted by molar-refractivity contribution is -0.116. The van der Waals surface area contributed by atoms with Crippen LogP contribution in [0.2, 0.25) is 10.0 Å². The molecule has 2 aromatic carbocycles. The SMILES string of the molecule is O=C(CCC1c2c(Cl)ccc(Cl)c2C(=O)N1Cc1ccc(F)cc1)Nc1ccccn1. The van der Waals surface area contributed by atoms with Crippen molar-refractivity contribution in [3.8, 4) is 0 Å². The van der Waals surface area contributed by atoms with Crippen molar-refractivity contribution >= 4 is 40.8 Å². The van der Waals surface area contributed by atoms with Gasteiger partial charge in [0.05, 0.1) is 16.6 Å². The Bertz CT molecular complexity index is 1120. The van der Waals surface area contributed by atoms with Crippen LogP contribution in [0.4, 0.5) is 10.2 Å². The Hall–Kier alpha value is -2.96. The Morgan fingerprint density at radius 2 is 1.81 bits per heavy atom. The predicted octanol–water partition coefficient (Wildman–Crippen LogP) is 5.64. The number of hydrogen-bond acceptors (Lipinski definition) is 3. The van der Waals surface area contributed by atoms with E-state index in [0.29, 0.717) is 33.4 Å². The molecule has 2 amide bonds. The largest absolute Gasteiger partial charge is 0.327 e. The highest BCUT2D eigenvalue weighted by Gasteiger charge is 2.39. The summed E-state index contributed by atoms with van der Waals surface area (Å²) in [4.78, 5) is 31.4. The highest BCUT2D eigenvalue weighted by atomic mass is 35.5. The van der Waals surface area contributed by atoms with Crippen LogP contribution in [0.25, 0.3) is 0 Å². The molecule has 1 aliphatic heterocycles. The number of rotatable bonds is 6. The Balaban J connectivity index is 1.58. The van der Waals surface area contributed by atoms with Crippen molar-refractivity contribution in [2.45, 2.75) is 25.4 Å². The number of halogens is 3. The van der Waals surface area contributed by atoms with Crippen LogP contribution < -0.4 is 5.32 Å². The van der Waals surface area contributed by atoms with E-state index in [-0.39, 0.29) is 30.6 Å². The molecule has 0 radical (unpaired) electrons. The average Bonchev–Trinajstić information content (AvgIpc) is 3.04. The molecule has 1 unspecified atom stereocenters. The van der Waals surface area contributed by atoms with Gasteiger partial charge in [-0.3, -0.25) is 9.59 Å². The Morgan fingerprint density at radius 1 is 1.06 bits per heavy atom. The molecule has 2 heterocycles. The maximum atomic E-state index is 13.3. The third-order valence-corrected chi connectivity index (χ3v) is 5.81. The van der Waals surface area contributed by atoms with Gasteiger partial charge in [0.2, 0.25) is 5.91 Å². The van der Waals surface area contributed by atoms with E-state index in [1.54, 1.807) is 53.6 Å². The normalized spacial score (nSPS) is 15.1. The molecule has 0 aliphatic carbocycles. The van der Waals surface area contributed by atoms with Crippen molar-refractivity contribution in [2.75, 3.05) is 5.32 Å². The van der Waals surface area contributed by atoms with E-state index in [1.165, 1.54) is 12.1 Å². The molecule has 0 saturated carbocycles. The number of amides is 2. The van der Waals surface area contributed by atoms with Gasteiger partial charge in [-0.2, -0.15) is 0 Å². The van der Waals surface area contributed by atoms with Gasteiger partial charge < -0.3 is 10.2 Å². The number of benzene rings is 2. The molecule has 158 valence electrons. The number of aromatic nitrogens is 1. The number of fused-ring (bicyclic) bond motifs is 1. The molecule has 31 heavy (non-hydrogen) atoms. The molecular weight excluding hydrogens is 440 g/mol. The summed E-state index contributed by atoms with van der Waals surface area (Å²) in [7, 11) is 0. The van der Waals surface area contributed by atoms with Gasteiger partial charge in [0.1, 0.15) is 11.6 Å². The summed E-state index contributed by atoms with van der Waals surface area (Å²) in [6, 6.07) is 14.0. The number of carbonyl (C=O) groups excluding carboxylic acids is 2. The smallest absolute Gasteiger partial charge is 0.256 e. The number of hydrogen-bond donors (Lipinski definition) is 1. The van der Waals surface area contributed by atoms with Gasteiger partial charge in [-0.05, 0) is 48.4 Å². The molecule has 8 heteroatoms. The topological polar surface area (TPSA) is 62.3 Å². The third kappa shape index (κ3) is 4.55. The first-order valence-corrected chi connectivity index (χ1v) is 10.4. The molecule has 5 nitrogen and oxygen atoms in total. The zero-order valence-corrected chi connectivity index (χ0v) is 17.8. The maximum absolute atomic E-state index is 13.3. The zero-order valence-electron chi connectivity index (χ0n) is 16.3. The lowest BCUT2D eigenvalue weighted by Gasteiger charge is -2.26. The highest BCUT2D eigenvalue weighted by molar-refractivity contribution is 6.37. The molecule has 1 atom stereocenters. The van der Waals surface area contributed by atoms with E-state index < -0.39 is 6.04 Å². The summed E-state index contributed by atoms with van der Waals surface area (Å²) in [6.07, 6.45) is 2.09. The molecular formula is C23H18Cl2FN3O2. The van der Waals surface area contributed by atoms with Crippen LogP contribution in [0.1, 0.15) is 40.4 Å². The summed E-state index contributed by atoms with van der Waals surface area (Å²) in [6.45, 7) is 0.243. The fraction of sp³-hybridized carbons (Fsp3) is 0.174. The second kappa shape index (κ2) is 9.04. The van der Waals surface area contributed by atoms with Gasteiger partial charge in [-0.15, -0.1) is 0 Å². The van der Waals surface area contributed by atoms with Crippen LogP contribution >= 0.6 is 23.2 Å². The predicted molar refractivity (Wildman–Crippen MR) is 118 cm³/mol. The van der Waals surface area contributed by atoms with Gasteiger partial charge in [0.15, 0.2) is 0 Å². The molecule has 0 fully saturated rings. The first-order valence-electron chi connectivity index (χ1n) is 9.68. The molecule has 0 spiro atoms. The van der Waals surface area contributed by atoms with Crippen LogP contribution in [-0.2, 0) is 11.3 Å². The second-order valence-electron chi connectivity index (χ2n) is 7.20. The van der Waals surface area contributed by atoms with Crippen molar-refractivity contribution in [1.82, 2.24) is 9.88 Å². The van der Waals surface area contributed by atoms with Gasteiger partial charge in [-0.25, -0.2) is 9.37 Å². The summed E-state index contributed by atoms with van der Waals surface area (Å²) in [5.41, 5.74) is 1.73. The number of carbonyl (C=O) groups is 2. The fourth-order valence-corrected chi connectivity index (χ4v) is 4.26. The van der Waals surface area contributed by atoms with E-state index in [9.17, 15) is 14.0 Å². The summed E-state index contributed by atoms with van der Waals surface area (Å²) < 4.78 is 13.3. The highest BCUT2D eigenvalue weighted by Crippen LogP contribution is 2.44. The van der Waals surface area contributed by atoms with E-state index in [0.717, 1.165) is 5.56 Å². The van der Waals surface area contributed by atoms with Crippen molar-refractivity contribution in [3.05, 3.63) is 93.3 Å². The third-order valence-electron chi connectivity index (χ3n) is 5.17. The Morgan fingerprint density at radius 3 is 2.52 bits per heavy atom. The summed E-state index contributed by atoms with van der Waals surface area (Å²) in [5.74, 6) is -0.380. The molecule has 1 aliphatic rings. The average molecular weight is 458 g/mol. The lowest BCUT2D eigenvalue weighted by Crippen LogP contribution is -2.28. The van der Waals surface area contributed by atoms with Crippen molar-refractivity contribution in [2.24, 2.45) is 0 Å². The Kier molecular flexibility index (Phi) is 6.20. The number of nitrogens with zero attached hydrogens (tertiary/aromatic N) is 2. The van der Waals surface area contributed by atoms with Crippen LogP contribution in [-0.4, -0.2) is 21.7 Å². The van der Waals surface area contributed by atoms with E-state index in [2.05, 4.69) is 10.3 Å². The van der Waals surface area contributed by atoms with Crippen LogP contribution in [0.15, 0.2) is 60.8 Å². The number of anilines is 1. The van der Waals surface area contributed by atoms with Crippen LogP contribution in [0, 0.1) is 5.82 Å². The van der Waals surface area contributed by atoms with Gasteiger partial charge in [0, 0.05) is 29.7 Å².